The molecule has 4 rings (SSSR count). The molecule has 0 radical (unpaired) electrons. The number of hydrogen-bond acceptors (Lipinski definition) is 4. The Morgan fingerprint density at radius 1 is 0.943 bits per heavy atom. The van der Waals surface area contributed by atoms with Gasteiger partial charge in [0.2, 0.25) is 15.9 Å². The van der Waals surface area contributed by atoms with E-state index in [-0.39, 0.29) is 27.7 Å². The molecule has 1 heterocycles. The summed E-state index contributed by atoms with van der Waals surface area (Å²) in [5, 5.41) is 6.67. The Bertz CT molecular complexity index is 1220. The van der Waals surface area contributed by atoms with Gasteiger partial charge in [-0.2, -0.15) is 0 Å². The van der Waals surface area contributed by atoms with E-state index in [1.807, 2.05) is 36.4 Å². The van der Waals surface area contributed by atoms with Crippen molar-refractivity contribution in [1.29, 1.82) is 0 Å². The number of piperidine rings is 1. The Labute approximate surface area is 216 Å². The highest BCUT2D eigenvalue weighted by molar-refractivity contribution is 7.89. The molecule has 0 unspecified atom stereocenters. The zero-order valence-electron chi connectivity index (χ0n) is 19.0. The Hall–Kier alpha value is -2.42. The zero-order valence-corrected chi connectivity index (χ0v) is 21.3. The molecule has 1 aliphatic heterocycles. The zero-order chi connectivity index (χ0) is 24.8. The van der Waals surface area contributed by atoms with Gasteiger partial charge < -0.3 is 10.6 Å². The maximum atomic E-state index is 13.1. The number of carbonyl (C=O) groups excluding carboxylic acids is 1. The number of benzene rings is 3. The standard InChI is InChI=1S/C26H27Cl2N3O3S/c27-21-11-12-25(24(28)14-21)35(33,34)31-22-13-20(15-29-16-22)26(32)30-17-23(18-7-3-1-4-8-18)19-9-5-2-6-10-19/h1-12,14,20,22-23,29,31H,13,15-17H2,(H,30,32)/t20-,22-/m0/s1. The lowest BCUT2D eigenvalue weighted by atomic mass is 9.90. The van der Waals surface area contributed by atoms with Gasteiger partial charge in [-0.05, 0) is 35.7 Å². The van der Waals surface area contributed by atoms with Crippen LogP contribution in [0.2, 0.25) is 10.0 Å². The van der Waals surface area contributed by atoms with Crippen LogP contribution in [0, 0.1) is 5.92 Å². The number of rotatable bonds is 8. The SMILES string of the molecule is O=C(NCC(c1ccccc1)c1ccccc1)[C@@H]1CNC[C@@H](NS(=O)(=O)c2ccc(Cl)cc2Cl)C1. The molecule has 3 aromatic rings. The molecule has 1 saturated heterocycles. The second-order valence-corrected chi connectivity index (χ2v) is 11.1. The Morgan fingerprint density at radius 2 is 1.57 bits per heavy atom. The summed E-state index contributed by atoms with van der Waals surface area (Å²) < 4.78 is 28.4. The maximum absolute atomic E-state index is 13.1. The second-order valence-electron chi connectivity index (χ2n) is 8.60. The van der Waals surface area contributed by atoms with Gasteiger partial charge in [0.1, 0.15) is 4.90 Å². The van der Waals surface area contributed by atoms with Crippen LogP contribution in [-0.4, -0.2) is 40.0 Å². The molecule has 0 saturated carbocycles. The third-order valence-electron chi connectivity index (χ3n) is 6.11. The summed E-state index contributed by atoms with van der Waals surface area (Å²) in [7, 11) is -3.87. The van der Waals surface area contributed by atoms with Crippen molar-refractivity contribution in [3.05, 3.63) is 100 Å². The number of nitrogens with one attached hydrogen (secondary N) is 3. The molecule has 1 fully saturated rings. The molecule has 184 valence electrons. The number of amides is 1. The summed E-state index contributed by atoms with van der Waals surface area (Å²) >= 11 is 12.0. The minimum absolute atomic E-state index is 0.0132. The Balaban J connectivity index is 1.40. The van der Waals surface area contributed by atoms with Crippen molar-refractivity contribution in [2.75, 3.05) is 19.6 Å². The number of hydrogen-bond donors (Lipinski definition) is 3. The number of sulfonamides is 1. The second kappa shape index (κ2) is 11.5. The fourth-order valence-electron chi connectivity index (χ4n) is 4.35. The van der Waals surface area contributed by atoms with Crippen LogP contribution in [-0.2, 0) is 14.8 Å². The Morgan fingerprint density at radius 3 is 2.17 bits per heavy atom. The first-order chi connectivity index (χ1) is 16.8. The number of halogens is 2. The smallest absolute Gasteiger partial charge is 0.242 e. The van der Waals surface area contributed by atoms with Crippen LogP contribution < -0.4 is 15.4 Å². The largest absolute Gasteiger partial charge is 0.355 e. The average molecular weight is 532 g/mol. The summed E-state index contributed by atoms with van der Waals surface area (Å²) in [4.78, 5) is 13.0. The minimum Gasteiger partial charge on any atom is -0.355 e. The summed E-state index contributed by atoms with van der Waals surface area (Å²) in [5.41, 5.74) is 2.23. The fourth-order valence-corrected chi connectivity index (χ4v) is 6.37. The van der Waals surface area contributed by atoms with Gasteiger partial charge in [-0.3, -0.25) is 4.79 Å². The average Bonchev–Trinajstić information content (AvgIpc) is 2.85. The molecule has 1 amide bonds. The van der Waals surface area contributed by atoms with E-state index in [2.05, 4.69) is 39.6 Å². The van der Waals surface area contributed by atoms with Crippen molar-refractivity contribution in [2.45, 2.75) is 23.3 Å². The highest BCUT2D eigenvalue weighted by Gasteiger charge is 2.31. The van der Waals surface area contributed by atoms with Gasteiger partial charge in [0.25, 0.3) is 0 Å². The molecule has 6 nitrogen and oxygen atoms in total. The summed E-state index contributed by atoms with van der Waals surface area (Å²) in [5.74, 6) is -0.466. The lowest BCUT2D eigenvalue weighted by molar-refractivity contribution is -0.125. The molecule has 0 spiro atoms. The van der Waals surface area contributed by atoms with Crippen LogP contribution in [0.5, 0.6) is 0 Å². The van der Waals surface area contributed by atoms with Gasteiger partial charge in [0.15, 0.2) is 0 Å². The van der Waals surface area contributed by atoms with Crippen molar-refractivity contribution in [3.63, 3.8) is 0 Å². The van der Waals surface area contributed by atoms with Crippen molar-refractivity contribution in [1.82, 2.24) is 15.4 Å². The molecular formula is C26H27Cl2N3O3S. The fraction of sp³-hybridized carbons (Fsp3) is 0.269. The predicted octanol–water partition coefficient (Wildman–Crippen LogP) is 4.20. The first kappa shape index (κ1) is 25.7. The number of carbonyl (C=O) groups is 1. The van der Waals surface area contributed by atoms with Gasteiger partial charge in [0, 0.05) is 36.6 Å². The van der Waals surface area contributed by atoms with Crippen LogP contribution in [0.3, 0.4) is 0 Å². The lowest BCUT2D eigenvalue weighted by Gasteiger charge is -2.30. The first-order valence-electron chi connectivity index (χ1n) is 11.4. The third kappa shape index (κ3) is 6.63. The van der Waals surface area contributed by atoms with Gasteiger partial charge in [0.05, 0.1) is 10.9 Å². The van der Waals surface area contributed by atoms with Crippen molar-refractivity contribution < 1.29 is 13.2 Å². The van der Waals surface area contributed by atoms with E-state index in [4.69, 9.17) is 23.2 Å². The van der Waals surface area contributed by atoms with Crippen molar-refractivity contribution in [2.24, 2.45) is 5.92 Å². The van der Waals surface area contributed by atoms with Crippen LogP contribution >= 0.6 is 23.2 Å². The predicted molar refractivity (Wildman–Crippen MR) is 139 cm³/mol. The molecule has 35 heavy (non-hydrogen) atoms. The highest BCUT2D eigenvalue weighted by Crippen LogP contribution is 2.26. The van der Waals surface area contributed by atoms with Crippen LogP contribution in [0.15, 0.2) is 83.8 Å². The molecular weight excluding hydrogens is 505 g/mol. The molecule has 2 atom stereocenters. The molecule has 3 aromatic carbocycles. The van der Waals surface area contributed by atoms with Crippen molar-refractivity contribution in [3.8, 4) is 0 Å². The molecule has 9 heteroatoms. The normalized spacial score (nSPS) is 18.4. The van der Waals surface area contributed by atoms with E-state index in [0.717, 1.165) is 11.1 Å². The minimum atomic E-state index is -3.87. The van der Waals surface area contributed by atoms with Crippen LogP contribution in [0.1, 0.15) is 23.5 Å². The van der Waals surface area contributed by atoms with Crippen molar-refractivity contribution >= 4 is 39.1 Å². The topological polar surface area (TPSA) is 87.3 Å². The van der Waals surface area contributed by atoms with Gasteiger partial charge >= 0.3 is 0 Å². The molecule has 1 aliphatic rings. The summed E-state index contributed by atoms with van der Waals surface area (Å²) in [6.07, 6.45) is 0.380. The Kier molecular flexibility index (Phi) is 8.46. The maximum Gasteiger partial charge on any atom is 0.242 e. The van der Waals surface area contributed by atoms with Crippen LogP contribution in [0.25, 0.3) is 0 Å². The molecule has 0 aromatic heterocycles. The molecule has 0 aliphatic carbocycles. The third-order valence-corrected chi connectivity index (χ3v) is 8.35. The summed E-state index contributed by atoms with van der Waals surface area (Å²) in [6, 6.07) is 23.9. The van der Waals surface area contributed by atoms with Gasteiger partial charge in [-0.1, -0.05) is 83.9 Å². The molecule has 3 N–H and O–H groups in total. The van der Waals surface area contributed by atoms with E-state index >= 15 is 0 Å². The summed E-state index contributed by atoms with van der Waals surface area (Å²) in [6.45, 7) is 1.35. The van der Waals surface area contributed by atoms with E-state index in [1.165, 1.54) is 18.2 Å². The monoisotopic (exact) mass is 531 g/mol. The van der Waals surface area contributed by atoms with E-state index < -0.39 is 16.1 Å². The van der Waals surface area contributed by atoms with E-state index in [9.17, 15) is 13.2 Å². The van der Waals surface area contributed by atoms with Gasteiger partial charge in [-0.25, -0.2) is 13.1 Å². The van der Waals surface area contributed by atoms with Gasteiger partial charge in [-0.15, -0.1) is 0 Å². The quantitative estimate of drug-likeness (QED) is 0.406. The molecule has 0 bridgehead atoms. The highest BCUT2D eigenvalue weighted by atomic mass is 35.5. The first-order valence-corrected chi connectivity index (χ1v) is 13.6. The lowest BCUT2D eigenvalue weighted by Crippen LogP contribution is -2.52. The van der Waals surface area contributed by atoms with E-state index in [0.29, 0.717) is 31.1 Å². The van der Waals surface area contributed by atoms with E-state index in [1.54, 1.807) is 0 Å². The van der Waals surface area contributed by atoms with Crippen LogP contribution in [0.4, 0.5) is 0 Å².